The third-order valence-electron chi connectivity index (χ3n) is 5.10. The molecule has 0 saturated heterocycles. The Morgan fingerprint density at radius 2 is 1.67 bits per heavy atom. The van der Waals surface area contributed by atoms with Crippen molar-refractivity contribution < 1.29 is 0 Å². The second-order valence-electron chi connectivity index (χ2n) is 7.06. The SMILES string of the molecule is CC1CCC(C(CN)N(CC2CC2)C(C)C)CC1. The minimum atomic E-state index is 0.637. The Balaban J connectivity index is 1.95. The molecule has 0 aliphatic heterocycles. The molecule has 2 nitrogen and oxygen atoms in total. The maximum absolute atomic E-state index is 6.13. The fourth-order valence-electron chi connectivity index (χ4n) is 3.60. The summed E-state index contributed by atoms with van der Waals surface area (Å²) in [6.45, 7) is 9.24. The fourth-order valence-corrected chi connectivity index (χ4v) is 3.60. The molecule has 0 bridgehead atoms. The number of hydrogen-bond acceptors (Lipinski definition) is 2. The van der Waals surface area contributed by atoms with E-state index in [9.17, 15) is 0 Å². The monoisotopic (exact) mass is 252 g/mol. The van der Waals surface area contributed by atoms with Gasteiger partial charge in [0.25, 0.3) is 0 Å². The fraction of sp³-hybridized carbons (Fsp3) is 1.00. The average molecular weight is 252 g/mol. The molecule has 0 heterocycles. The van der Waals surface area contributed by atoms with Gasteiger partial charge in [0.2, 0.25) is 0 Å². The second-order valence-corrected chi connectivity index (χ2v) is 7.06. The van der Waals surface area contributed by atoms with Gasteiger partial charge in [0.05, 0.1) is 0 Å². The lowest BCUT2D eigenvalue weighted by atomic mass is 9.78. The van der Waals surface area contributed by atoms with E-state index in [2.05, 4.69) is 25.7 Å². The topological polar surface area (TPSA) is 29.3 Å². The van der Waals surface area contributed by atoms with Crippen molar-refractivity contribution in [2.45, 2.75) is 71.4 Å². The summed E-state index contributed by atoms with van der Waals surface area (Å²) in [7, 11) is 0. The van der Waals surface area contributed by atoms with Crippen LogP contribution >= 0.6 is 0 Å². The van der Waals surface area contributed by atoms with Crippen molar-refractivity contribution in [3.8, 4) is 0 Å². The molecule has 106 valence electrons. The zero-order chi connectivity index (χ0) is 13.1. The molecule has 2 fully saturated rings. The molecule has 2 heteroatoms. The standard InChI is InChI=1S/C16H32N2/c1-12(2)18(11-14-6-7-14)16(10-17)15-8-4-13(3)5-9-15/h12-16H,4-11,17H2,1-3H3. The number of nitrogens with two attached hydrogens (primary N) is 1. The van der Waals surface area contributed by atoms with Crippen LogP contribution in [0.2, 0.25) is 0 Å². The molecule has 2 N–H and O–H groups in total. The Labute approximate surface area is 113 Å². The van der Waals surface area contributed by atoms with Crippen molar-refractivity contribution in [2.24, 2.45) is 23.5 Å². The maximum atomic E-state index is 6.13. The first-order chi connectivity index (χ1) is 8.61. The molecule has 0 aromatic carbocycles. The Kier molecular flexibility index (Phi) is 5.08. The first-order valence-electron chi connectivity index (χ1n) is 8.07. The molecule has 0 aromatic rings. The van der Waals surface area contributed by atoms with Crippen molar-refractivity contribution in [1.29, 1.82) is 0 Å². The van der Waals surface area contributed by atoms with Gasteiger partial charge in [-0.1, -0.05) is 19.8 Å². The van der Waals surface area contributed by atoms with Crippen LogP contribution in [-0.4, -0.2) is 30.1 Å². The van der Waals surface area contributed by atoms with Crippen LogP contribution < -0.4 is 5.73 Å². The molecule has 18 heavy (non-hydrogen) atoms. The quantitative estimate of drug-likeness (QED) is 0.786. The molecule has 0 spiro atoms. The van der Waals surface area contributed by atoms with Crippen LogP contribution in [0.3, 0.4) is 0 Å². The molecule has 2 saturated carbocycles. The van der Waals surface area contributed by atoms with Crippen molar-refractivity contribution in [3.05, 3.63) is 0 Å². The molecule has 0 amide bonds. The van der Waals surface area contributed by atoms with Crippen molar-refractivity contribution in [3.63, 3.8) is 0 Å². The third-order valence-corrected chi connectivity index (χ3v) is 5.10. The van der Waals surface area contributed by atoms with Crippen LogP contribution in [0.4, 0.5) is 0 Å². The van der Waals surface area contributed by atoms with Crippen LogP contribution in [0.25, 0.3) is 0 Å². The zero-order valence-corrected chi connectivity index (χ0v) is 12.6. The number of rotatable bonds is 6. The Morgan fingerprint density at radius 1 is 1.06 bits per heavy atom. The lowest BCUT2D eigenvalue weighted by Gasteiger charge is -2.41. The minimum Gasteiger partial charge on any atom is -0.329 e. The van der Waals surface area contributed by atoms with Crippen LogP contribution in [0.5, 0.6) is 0 Å². The molecule has 1 unspecified atom stereocenters. The molecular weight excluding hydrogens is 220 g/mol. The van der Waals surface area contributed by atoms with E-state index >= 15 is 0 Å². The number of nitrogens with zero attached hydrogens (tertiary/aromatic N) is 1. The summed E-state index contributed by atoms with van der Waals surface area (Å²) in [5.74, 6) is 2.77. The van der Waals surface area contributed by atoms with Crippen molar-refractivity contribution in [2.75, 3.05) is 13.1 Å². The largest absolute Gasteiger partial charge is 0.329 e. The molecule has 0 aromatic heterocycles. The van der Waals surface area contributed by atoms with Crippen molar-refractivity contribution >= 4 is 0 Å². The van der Waals surface area contributed by atoms with E-state index < -0.39 is 0 Å². The Hall–Kier alpha value is -0.0800. The average Bonchev–Trinajstić information content (AvgIpc) is 3.15. The van der Waals surface area contributed by atoms with E-state index in [4.69, 9.17) is 5.73 Å². The zero-order valence-electron chi connectivity index (χ0n) is 12.6. The van der Waals surface area contributed by atoms with E-state index in [-0.39, 0.29) is 0 Å². The van der Waals surface area contributed by atoms with Gasteiger partial charge < -0.3 is 5.73 Å². The van der Waals surface area contributed by atoms with Gasteiger partial charge in [0, 0.05) is 25.2 Å². The van der Waals surface area contributed by atoms with Crippen LogP contribution in [0, 0.1) is 17.8 Å². The van der Waals surface area contributed by atoms with E-state index in [1.165, 1.54) is 45.1 Å². The van der Waals surface area contributed by atoms with Crippen LogP contribution in [0.1, 0.15) is 59.3 Å². The highest BCUT2D eigenvalue weighted by molar-refractivity contribution is 4.88. The van der Waals surface area contributed by atoms with Gasteiger partial charge in [-0.2, -0.15) is 0 Å². The maximum Gasteiger partial charge on any atom is 0.0249 e. The summed E-state index contributed by atoms with van der Waals surface area (Å²) >= 11 is 0. The first kappa shape index (κ1) is 14.3. The minimum absolute atomic E-state index is 0.637. The highest BCUT2D eigenvalue weighted by atomic mass is 15.2. The first-order valence-corrected chi connectivity index (χ1v) is 8.07. The molecular formula is C16H32N2. The van der Waals surface area contributed by atoms with Gasteiger partial charge in [0.15, 0.2) is 0 Å². The van der Waals surface area contributed by atoms with Gasteiger partial charge >= 0.3 is 0 Å². The lowest BCUT2D eigenvalue weighted by molar-refractivity contribution is 0.0804. The molecule has 0 radical (unpaired) electrons. The van der Waals surface area contributed by atoms with Gasteiger partial charge in [-0.05, 0) is 57.3 Å². The van der Waals surface area contributed by atoms with E-state index in [0.717, 1.165) is 24.3 Å². The number of hydrogen-bond donors (Lipinski definition) is 1. The summed E-state index contributed by atoms with van der Waals surface area (Å²) < 4.78 is 0. The van der Waals surface area contributed by atoms with Crippen LogP contribution in [0.15, 0.2) is 0 Å². The second kappa shape index (κ2) is 6.38. The summed E-state index contributed by atoms with van der Waals surface area (Å²) in [6.07, 6.45) is 8.52. The third kappa shape index (κ3) is 3.71. The normalized spacial score (nSPS) is 31.0. The summed E-state index contributed by atoms with van der Waals surface area (Å²) in [5.41, 5.74) is 6.13. The van der Waals surface area contributed by atoms with Gasteiger partial charge in [-0.25, -0.2) is 0 Å². The van der Waals surface area contributed by atoms with E-state index in [1.54, 1.807) is 0 Å². The highest BCUT2D eigenvalue weighted by Gasteiger charge is 2.34. The predicted octanol–water partition coefficient (Wildman–Crippen LogP) is 3.26. The lowest BCUT2D eigenvalue weighted by Crippen LogP contribution is -2.50. The smallest absolute Gasteiger partial charge is 0.0249 e. The molecule has 1 atom stereocenters. The Bertz CT molecular complexity index is 239. The van der Waals surface area contributed by atoms with Gasteiger partial charge in [-0.3, -0.25) is 4.90 Å². The van der Waals surface area contributed by atoms with Crippen molar-refractivity contribution in [1.82, 2.24) is 4.90 Å². The van der Waals surface area contributed by atoms with E-state index in [0.29, 0.717) is 12.1 Å². The molecule has 2 aliphatic carbocycles. The van der Waals surface area contributed by atoms with Crippen LogP contribution in [-0.2, 0) is 0 Å². The Morgan fingerprint density at radius 3 is 2.11 bits per heavy atom. The summed E-state index contributed by atoms with van der Waals surface area (Å²) in [4.78, 5) is 2.72. The molecule has 2 rings (SSSR count). The summed E-state index contributed by atoms with van der Waals surface area (Å²) in [6, 6.07) is 1.29. The highest BCUT2D eigenvalue weighted by Crippen LogP contribution is 2.35. The predicted molar refractivity (Wildman–Crippen MR) is 78.5 cm³/mol. The van der Waals surface area contributed by atoms with Gasteiger partial charge in [-0.15, -0.1) is 0 Å². The summed E-state index contributed by atoms with van der Waals surface area (Å²) in [5, 5.41) is 0. The molecule has 2 aliphatic rings. The van der Waals surface area contributed by atoms with Gasteiger partial charge in [0.1, 0.15) is 0 Å². The van der Waals surface area contributed by atoms with E-state index in [1.807, 2.05) is 0 Å².